The molecular formula is C22H26N2O5. The highest BCUT2D eigenvalue weighted by Crippen LogP contribution is 2.20. The first-order valence-electron chi connectivity index (χ1n) is 9.40. The van der Waals surface area contributed by atoms with E-state index in [1.54, 1.807) is 41.3 Å². The zero-order valence-corrected chi connectivity index (χ0v) is 17.2. The summed E-state index contributed by atoms with van der Waals surface area (Å²) in [5.41, 5.74) is 2.15. The van der Waals surface area contributed by atoms with Crippen LogP contribution in [0.1, 0.15) is 40.1 Å². The summed E-state index contributed by atoms with van der Waals surface area (Å²) < 4.78 is 10.3. The van der Waals surface area contributed by atoms with E-state index in [4.69, 9.17) is 9.47 Å². The van der Waals surface area contributed by atoms with Crippen LogP contribution >= 0.6 is 0 Å². The highest BCUT2D eigenvalue weighted by atomic mass is 16.5. The molecule has 2 aromatic carbocycles. The predicted octanol–water partition coefficient (Wildman–Crippen LogP) is 3.28. The second-order valence-corrected chi connectivity index (χ2v) is 6.37. The van der Waals surface area contributed by atoms with Crippen molar-refractivity contribution in [2.24, 2.45) is 0 Å². The number of carbonyl (C=O) groups excluding carboxylic acids is 3. The third-order valence-corrected chi connectivity index (χ3v) is 4.41. The Bertz CT molecular complexity index is 891. The molecule has 0 aliphatic carbocycles. The lowest BCUT2D eigenvalue weighted by Gasteiger charge is -2.19. The molecule has 0 saturated carbocycles. The molecule has 154 valence electrons. The van der Waals surface area contributed by atoms with E-state index in [2.05, 4.69) is 5.32 Å². The van der Waals surface area contributed by atoms with Crippen molar-refractivity contribution in [2.45, 2.75) is 20.8 Å². The number of methoxy groups -OCH3 is 1. The van der Waals surface area contributed by atoms with Gasteiger partial charge in [-0.25, -0.2) is 4.79 Å². The Morgan fingerprint density at radius 1 is 1.00 bits per heavy atom. The number of aryl methyl sites for hydroxylation is 1. The number of nitrogens with zero attached hydrogens (tertiary/aromatic N) is 1. The van der Waals surface area contributed by atoms with Gasteiger partial charge in [0, 0.05) is 24.3 Å². The summed E-state index contributed by atoms with van der Waals surface area (Å²) in [6, 6.07) is 11.7. The van der Waals surface area contributed by atoms with Gasteiger partial charge < -0.3 is 19.7 Å². The maximum Gasteiger partial charge on any atom is 0.337 e. The third-order valence-electron chi connectivity index (χ3n) is 4.41. The molecule has 0 aromatic heterocycles. The minimum absolute atomic E-state index is 0.0856. The molecule has 0 fully saturated rings. The van der Waals surface area contributed by atoms with E-state index in [1.807, 2.05) is 20.8 Å². The molecule has 0 saturated heterocycles. The maximum absolute atomic E-state index is 12.5. The summed E-state index contributed by atoms with van der Waals surface area (Å²) in [7, 11) is 1.30. The number of hydrogen-bond donors (Lipinski definition) is 1. The van der Waals surface area contributed by atoms with Crippen LogP contribution in [0.25, 0.3) is 0 Å². The zero-order chi connectivity index (χ0) is 21.4. The molecule has 7 nitrogen and oxygen atoms in total. The number of anilines is 1. The van der Waals surface area contributed by atoms with Crippen LogP contribution in [-0.4, -0.2) is 49.5 Å². The summed E-state index contributed by atoms with van der Waals surface area (Å²) >= 11 is 0. The average Bonchev–Trinajstić information content (AvgIpc) is 2.73. The van der Waals surface area contributed by atoms with Gasteiger partial charge in [-0.15, -0.1) is 0 Å². The summed E-state index contributed by atoms with van der Waals surface area (Å²) in [5.74, 6) is -0.514. The van der Waals surface area contributed by atoms with Crippen molar-refractivity contribution in [3.63, 3.8) is 0 Å². The lowest BCUT2D eigenvalue weighted by atomic mass is 10.1. The minimum atomic E-state index is -0.478. The van der Waals surface area contributed by atoms with Crippen molar-refractivity contribution in [2.75, 3.05) is 32.1 Å². The fraction of sp³-hybridized carbons (Fsp3) is 0.318. The first-order valence-corrected chi connectivity index (χ1v) is 9.40. The minimum Gasteiger partial charge on any atom is -0.483 e. The Morgan fingerprint density at radius 2 is 1.72 bits per heavy atom. The third kappa shape index (κ3) is 5.81. The molecule has 0 aliphatic heterocycles. The first kappa shape index (κ1) is 21.9. The van der Waals surface area contributed by atoms with Crippen LogP contribution in [0.5, 0.6) is 5.75 Å². The summed E-state index contributed by atoms with van der Waals surface area (Å²) in [6.45, 7) is 6.65. The van der Waals surface area contributed by atoms with Crippen LogP contribution in [-0.2, 0) is 9.53 Å². The molecule has 1 N–H and O–H groups in total. The highest BCUT2D eigenvalue weighted by molar-refractivity contribution is 5.97. The molecule has 0 radical (unpaired) electrons. The molecule has 0 aliphatic rings. The Labute approximate surface area is 170 Å². The Hall–Kier alpha value is -3.35. The number of hydrogen-bond acceptors (Lipinski definition) is 5. The second kappa shape index (κ2) is 10.3. The number of nitrogens with one attached hydrogen (secondary N) is 1. The van der Waals surface area contributed by atoms with Crippen LogP contribution in [0, 0.1) is 6.92 Å². The normalized spacial score (nSPS) is 10.2. The second-order valence-electron chi connectivity index (χ2n) is 6.37. The van der Waals surface area contributed by atoms with Gasteiger partial charge in [-0.05, 0) is 56.7 Å². The summed E-state index contributed by atoms with van der Waals surface area (Å²) in [4.78, 5) is 38.1. The number of amides is 2. The predicted molar refractivity (Wildman–Crippen MR) is 110 cm³/mol. The van der Waals surface area contributed by atoms with Crippen LogP contribution in [0.4, 0.5) is 5.69 Å². The van der Waals surface area contributed by atoms with E-state index in [9.17, 15) is 14.4 Å². The lowest BCUT2D eigenvalue weighted by Crippen LogP contribution is -2.30. The summed E-state index contributed by atoms with van der Waals surface area (Å²) in [5, 5.41) is 2.72. The van der Waals surface area contributed by atoms with Crippen LogP contribution < -0.4 is 10.1 Å². The smallest absolute Gasteiger partial charge is 0.337 e. The number of rotatable bonds is 8. The van der Waals surface area contributed by atoms with E-state index in [0.29, 0.717) is 35.7 Å². The molecule has 29 heavy (non-hydrogen) atoms. The quantitative estimate of drug-likeness (QED) is 0.690. The van der Waals surface area contributed by atoms with Crippen LogP contribution in [0.2, 0.25) is 0 Å². The first-order chi connectivity index (χ1) is 13.9. The number of esters is 1. The molecule has 2 aromatic rings. The fourth-order valence-corrected chi connectivity index (χ4v) is 2.76. The average molecular weight is 398 g/mol. The lowest BCUT2D eigenvalue weighted by molar-refractivity contribution is -0.118. The topological polar surface area (TPSA) is 84.9 Å². The van der Waals surface area contributed by atoms with E-state index in [1.165, 1.54) is 13.2 Å². The van der Waals surface area contributed by atoms with Gasteiger partial charge in [0.05, 0.1) is 12.7 Å². The van der Waals surface area contributed by atoms with Crippen molar-refractivity contribution >= 4 is 23.5 Å². The molecule has 2 rings (SSSR count). The maximum atomic E-state index is 12.5. The van der Waals surface area contributed by atoms with Gasteiger partial charge in [-0.3, -0.25) is 9.59 Å². The van der Waals surface area contributed by atoms with Crippen molar-refractivity contribution in [1.29, 1.82) is 0 Å². The van der Waals surface area contributed by atoms with Crippen molar-refractivity contribution < 1.29 is 23.9 Å². The largest absolute Gasteiger partial charge is 0.483 e. The van der Waals surface area contributed by atoms with Gasteiger partial charge in [0.1, 0.15) is 5.75 Å². The van der Waals surface area contributed by atoms with Crippen molar-refractivity contribution in [3.05, 3.63) is 59.2 Å². The van der Waals surface area contributed by atoms with E-state index in [0.717, 1.165) is 5.56 Å². The van der Waals surface area contributed by atoms with Gasteiger partial charge in [-0.1, -0.05) is 12.1 Å². The Morgan fingerprint density at radius 3 is 2.38 bits per heavy atom. The molecule has 0 heterocycles. The molecular weight excluding hydrogens is 372 g/mol. The van der Waals surface area contributed by atoms with Gasteiger partial charge >= 0.3 is 5.97 Å². The summed E-state index contributed by atoms with van der Waals surface area (Å²) in [6.07, 6.45) is 0. The van der Waals surface area contributed by atoms with E-state index < -0.39 is 5.97 Å². The number of ether oxygens (including phenoxy) is 2. The van der Waals surface area contributed by atoms with Crippen molar-refractivity contribution in [3.8, 4) is 5.75 Å². The highest BCUT2D eigenvalue weighted by Gasteiger charge is 2.14. The van der Waals surface area contributed by atoms with Crippen LogP contribution in [0.3, 0.4) is 0 Å². The molecule has 7 heteroatoms. The molecule has 0 bridgehead atoms. The van der Waals surface area contributed by atoms with Gasteiger partial charge in [0.25, 0.3) is 11.8 Å². The standard InChI is InChI=1S/C22H26N2O5/c1-5-24(6-2)21(26)16-8-7-9-18(12-16)23-20(25)14-29-19-13-17(22(27)28-4)11-10-15(19)3/h7-13H,5-6,14H2,1-4H3,(H,23,25). The van der Waals surface area contributed by atoms with Gasteiger partial charge in [-0.2, -0.15) is 0 Å². The molecule has 2 amide bonds. The van der Waals surface area contributed by atoms with E-state index in [-0.39, 0.29) is 18.4 Å². The SMILES string of the molecule is CCN(CC)C(=O)c1cccc(NC(=O)COc2cc(C(=O)OC)ccc2C)c1. The van der Waals surface area contributed by atoms with E-state index >= 15 is 0 Å². The van der Waals surface area contributed by atoms with Crippen LogP contribution in [0.15, 0.2) is 42.5 Å². The zero-order valence-electron chi connectivity index (χ0n) is 17.2. The monoisotopic (exact) mass is 398 g/mol. The molecule has 0 unspecified atom stereocenters. The number of benzene rings is 2. The van der Waals surface area contributed by atoms with Gasteiger partial charge in [0.15, 0.2) is 6.61 Å². The van der Waals surface area contributed by atoms with Crippen molar-refractivity contribution in [1.82, 2.24) is 4.90 Å². The molecule has 0 spiro atoms. The fourth-order valence-electron chi connectivity index (χ4n) is 2.76. The number of carbonyl (C=O) groups is 3. The molecule has 0 atom stereocenters. The Balaban J connectivity index is 2.02. The van der Waals surface area contributed by atoms with Gasteiger partial charge in [0.2, 0.25) is 0 Å². The Kier molecular flexibility index (Phi) is 7.77.